The van der Waals surface area contributed by atoms with Gasteiger partial charge in [-0.2, -0.15) is 0 Å². The van der Waals surface area contributed by atoms with E-state index in [9.17, 15) is 5.11 Å². The molecular formula is C17H24NO2+. The van der Waals surface area contributed by atoms with Crippen LogP contribution in [0.1, 0.15) is 44.6 Å². The normalized spacial score (nSPS) is 14.2. The largest absolute Gasteiger partial charge is 0.455 e. The summed E-state index contributed by atoms with van der Waals surface area (Å²) < 4.78 is 5.87. The molecule has 1 aromatic carbocycles. The van der Waals surface area contributed by atoms with E-state index in [0.29, 0.717) is 6.04 Å². The molecule has 0 spiro atoms. The van der Waals surface area contributed by atoms with E-state index in [-0.39, 0.29) is 0 Å². The topological polar surface area (TPSA) is 50.0 Å². The van der Waals surface area contributed by atoms with E-state index in [1.807, 2.05) is 36.4 Å². The average molecular weight is 274 g/mol. The zero-order chi connectivity index (χ0) is 14.5. The molecule has 1 heterocycles. The van der Waals surface area contributed by atoms with Gasteiger partial charge in [0, 0.05) is 5.56 Å². The van der Waals surface area contributed by atoms with Crippen molar-refractivity contribution in [1.82, 2.24) is 0 Å². The first-order valence-corrected chi connectivity index (χ1v) is 7.30. The van der Waals surface area contributed by atoms with Crippen LogP contribution in [0.2, 0.25) is 0 Å². The van der Waals surface area contributed by atoms with Gasteiger partial charge in [0.1, 0.15) is 12.3 Å². The molecule has 0 aliphatic rings. The van der Waals surface area contributed by atoms with Crippen LogP contribution in [0.4, 0.5) is 0 Å². The van der Waals surface area contributed by atoms with Gasteiger partial charge in [-0.15, -0.1) is 0 Å². The fraction of sp³-hybridized carbons (Fsp3) is 0.412. The summed E-state index contributed by atoms with van der Waals surface area (Å²) >= 11 is 0. The van der Waals surface area contributed by atoms with E-state index >= 15 is 0 Å². The number of hydrogen-bond donors (Lipinski definition) is 2. The van der Waals surface area contributed by atoms with Crippen LogP contribution in [0.25, 0.3) is 11.3 Å². The minimum atomic E-state index is -0.429. The third-order valence-electron chi connectivity index (χ3n) is 3.70. The van der Waals surface area contributed by atoms with Crippen molar-refractivity contribution in [1.29, 1.82) is 0 Å². The molecule has 0 bridgehead atoms. The highest BCUT2D eigenvalue weighted by atomic mass is 16.3. The van der Waals surface area contributed by atoms with Crippen molar-refractivity contribution in [3.8, 4) is 11.3 Å². The lowest BCUT2D eigenvalue weighted by Gasteiger charge is -2.06. The quantitative estimate of drug-likeness (QED) is 0.851. The third kappa shape index (κ3) is 3.71. The van der Waals surface area contributed by atoms with Gasteiger partial charge in [-0.25, -0.2) is 0 Å². The second kappa shape index (κ2) is 6.73. The van der Waals surface area contributed by atoms with Crippen molar-refractivity contribution in [2.75, 3.05) is 0 Å². The fourth-order valence-electron chi connectivity index (χ4n) is 2.05. The predicted octanol–water partition coefficient (Wildman–Crippen LogP) is 2.86. The number of hydrogen-bond acceptors (Lipinski definition) is 2. The van der Waals surface area contributed by atoms with Gasteiger partial charge >= 0.3 is 0 Å². The molecule has 0 amide bonds. The second-order valence-electron chi connectivity index (χ2n) is 5.39. The molecule has 1 aromatic heterocycles. The van der Waals surface area contributed by atoms with E-state index in [0.717, 1.165) is 35.6 Å². The van der Waals surface area contributed by atoms with Crippen LogP contribution in [0.5, 0.6) is 0 Å². The summed E-state index contributed by atoms with van der Waals surface area (Å²) in [5.74, 6) is 1.88. The van der Waals surface area contributed by atoms with Gasteiger partial charge in [-0.3, -0.25) is 0 Å². The molecule has 2 aromatic rings. The standard InChI is InChI=1S/C17H23NO2/c1-4-12(2)18-11-16-9-10-17(20-16)15-7-5-14(6-8-15)13(3)19/h5-10,12-13,18-19H,4,11H2,1-3H3/p+1/t12-,13+/m0/s1. The van der Waals surface area contributed by atoms with Gasteiger partial charge in [0.15, 0.2) is 5.76 Å². The lowest BCUT2D eigenvalue weighted by Crippen LogP contribution is -2.87. The summed E-state index contributed by atoms with van der Waals surface area (Å²) in [6.07, 6.45) is 0.732. The molecule has 0 saturated carbocycles. The molecule has 108 valence electrons. The Hall–Kier alpha value is -1.58. The lowest BCUT2D eigenvalue weighted by atomic mass is 10.1. The summed E-state index contributed by atoms with van der Waals surface area (Å²) in [7, 11) is 0. The second-order valence-corrected chi connectivity index (χ2v) is 5.39. The van der Waals surface area contributed by atoms with Crippen LogP contribution < -0.4 is 5.32 Å². The Morgan fingerprint density at radius 2 is 1.80 bits per heavy atom. The molecule has 0 aliphatic heterocycles. The number of furan rings is 1. The number of benzene rings is 1. The Morgan fingerprint density at radius 3 is 2.40 bits per heavy atom. The number of nitrogens with two attached hydrogens (primary N) is 1. The van der Waals surface area contributed by atoms with Crippen LogP contribution in [0.15, 0.2) is 40.8 Å². The number of aliphatic hydroxyl groups excluding tert-OH is 1. The lowest BCUT2D eigenvalue weighted by molar-refractivity contribution is -0.703. The maximum atomic E-state index is 9.51. The third-order valence-corrected chi connectivity index (χ3v) is 3.70. The highest BCUT2D eigenvalue weighted by Crippen LogP contribution is 2.23. The predicted molar refractivity (Wildman–Crippen MR) is 80.2 cm³/mol. The van der Waals surface area contributed by atoms with Crippen molar-refractivity contribution in [3.05, 3.63) is 47.7 Å². The van der Waals surface area contributed by atoms with Crippen LogP contribution in [-0.4, -0.2) is 11.1 Å². The molecule has 0 radical (unpaired) electrons. The van der Waals surface area contributed by atoms with Crippen molar-refractivity contribution < 1.29 is 14.8 Å². The van der Waals surface area contributed by atoms with Gasteiger partial charge in [0.2, 0.25) is 0 Å². The fourth-order valence-corrected chi connectivity index (χ4v) is 2.05. The zero-order valence-corrected chi connectivity index (χ0v) is 12.5. The van der Waals surface area contributed by atoms with Crippen LogP contribution in [-0.2, 0) is 6.54 Å². The Morgan fingerprint density at radius 1 is 1.10 bits per heavy atom. The van der Waals surface area contributed by atoms with E-state index in [2.05, 4.69) is 19.2 Å². The number of aliphatic hydroxyl groups is 1. The number of quaternary nitrogens is 1. The Kier molecular flexibility index (Phi) is 4.99. The van der Waals surface area contributed by atoms with Gasteiger partial charge < -0.3 is 14.8 Å². The Balaban J connectivity index is 2.04. The Labute approximate surface area is 120 Å². The highest BCUT2D eigenvalue weighted by Gasteiger charge is 2.08. The van der Waals surface area contributed by atoms with Crippen molar-refractivity contribution >= 4 is 0 Å². The van der Waals surface area contributed by atoms with Crippen molar-refractivity contribution in [2.24, 2.45) is 0 Å². The molecule has 2 rings (SSSR count). The molecule has 20 heavy (non-hydrogen) atoms. The van der Waals surface area contributed by atoms with Gasteiger partial charge in [0.05, 0.1) is 12.1 Å². The minimum absolute atomic E-state index is 0.429. The highest BCUT2D eigenvalue weighted by molar-refractivity contribution is 5.58. The van der Waals surface area contributed by atoms with Gasteiger partial charge in [-0.1, -0.05) is 31.2 Å². The summed E-state index contributed by atoms with van der Waals surface area (Å²) in [6, 6.07) is 12.5. The monoisotopic (exact) mass is 274 g/mol. The van der Waals surface area contributed by atoms with E-state index in [1.54, 1.807) is 6.92 Å². The minimum Gasteiger partial charge on any atom is -0.455 e. The molecule has 0 saturated heterocycles. The molecule has 3 heteroatoms. The molecule has 3 nitrogen and oxygen atoms in total. The maximum Gasteiger partial charge on any atom is 0.158 e. The van der Waals surface area contributed by atoms with Crippen LogP contribution >= 0.6 is 0 Å². The zero-order valence-electron chi connectivity index (χ0n) is 12.5. The first-order valence-electron chi connectivity index (χ1n) is 7.30. The molecular weight excluding hydrogens is 250 g/mol. The summed E-state index contributed by atoms with van der Waals surface area (Å²) in [6.45, 7) is 7.06. The summed E-state index contributed by atoms with van der Waals surface area (Å²) in [5.41, 5.74) is 1.97. The smallest absolute Gasteiger partial charge is 0.158 e. The van der Waals surface area contributed by atoms with E-state index < -0.39 is 6.10 Å². The van der Waals surface area contributed by atoms with Crippen molar-refractivity contribution in [3.63, 3.8) is 0 Å². The maximum absolute atomic E-state index is 9.51. The van der Waals surface area contributed by atoms with Gasteiger partial charge in [0.25, 0.3) is 0 Å². The first-order chi connectivity index (χ1) is 9.60. The Bertz CT molecular complexity index is 528. The average Bonchev–Trinajstić information content (AvgIpc) is 2.93. The summed E-state index contributed by atoms with van der Waals surface area (Å²) in [4.78, 5) is 0. The number of rotatable bonds is 6. The molecule has 3 N–H and O–H groups in total. The van der Waals surface area contributed by atoms with E-state index in [4.69, 9.17) is 4.42 Å². The van der Waals surface area contributed by atoms with Gasteiger partial charge in [-0.05, 0) is 38.0 Å². The summed E-state index contributed by atoms with van der Waals surface area (Å²) in [5, 5.41) is 11.8. The molecule has 0 fully saturated rings. The first kappa shape index (κ1) is 14.8. The molecule has 0 unspecified atom stereocenters. The SMILES string of the molecule is CC[C@H](C)[NH2+]Cc1ccc(-c2ccc([C@@H](C)O)cc2)o1. The van der Waals surface area contributed by atoms with Crippen LogP contribution in [0.3, 0.4) is 0 Å². The van der Waals surface area contributed by atoms with Crippen molar-refractivity contribution in [2.45, 2.75) is 45.9 Å². The van der Waals surface area contributed by atoms with Crippen LogP contribution in [0, 0.1) is 0 Å². The molecule has 0 aliphatic carbocycles. The van der Waals surface area contributed by atoms with E-state index in [1.165, 1.54) is 0 Å². The molecule has 2 atom stereocenters.